The average Bonchev–Trinajstić information content (AvgIpc) is 3.01. The fourth-order valence-electron chi connectivity index (χ4n) is 3.21. The molecule has 0 aliphatic rings. The van der Waals surface area contributed by atoms with Crippen molar-refractivity contribution in [2.24, 2.45) is 7.05 Å². The Balaban J connectivity index is 1.78. The number of para-hydroxylation sites is 1. The van der Waals surface area contributed by atoms with Gasteiger partial charge in [0.15, 0.2) is 0 Å². The number of benzene rings is 1. The lowest BCUT2D eigenvalue weighted by atomic mass is 10.1. The van der Waals surface area contributed by atoms with Crippen molar-refractivity contribution in [1.82, 2.24) is 14.3 Å². The number of nitriles is 1. The van der Waals surface area contributed by atoms with Crippen LogP contribution in [0.4, 0.5) is 5.69 Å². The van der Waals surface area contributed by atoms with E-state index >= 15 is 0 Å². The normalized spacial score (nSPS) is 10.5. The topological polar surface area (TPSA) is 119 Å². The van der Waals surface area contributed by atoms with Crippen molar-refractivity contribution < 1.29 is 14.3 Å². The Kier molecular flexibility index (Phi) is 7.35. The SMILES string of the molecule is CCOC(=O)c1cc(C#N)c(SCC(=O)Nc2c(C)n(C)n(-c3ccccc3)c2=O)nc1C. The van der Waals surface area contributed by atoms with E-state index in [2.05, 4.69) is 10.3 Å². The number of nitrogens with zero attached hydrogens (tertiary/aromatic N) is 4. The highest BCUT2D eigenvalue weighted by Gasteiger charge is 2.20. The minimum atomic E-state index is -0.553. The minimum absolute atomic E-state index is 0.0705. The average molecular weight is 466 g/mol. The van der Waals surface area contributed by atoms with E-state index in [1.54, 1.807) is 44.6 Å². The highest BCUT2D eigenvalue weighted by molar-refractivity contribution is 8.00. The first kappa shape index (κ1) is 23.8. The second-order valence-electron chi connectivity index (χ2n) is 7.08. The van der Waals surface area contributed by atoms with Gasteiger partial charge < -0.3 is 10.1 Å². The predicted molar refractivity (Wildman–Crippen MR) is 125 cm³/mol. The number of carbonyl (C=O) groups excluding carboxylic acids is 2. The number of rotatable bonds is 7. The molecule has 1 amide bonds. The second-order valence-corrected chi connectivity index (χ2v) is 8.04. The summed E-state index contributed by atoms with van der Waals surface area (Å²) in [5.41, 5.74) is 1.92. The second kappa shape index (κ2) is 10.2. The van der Waals surface area contributed by atoms with Crippen molar-refractivity contribution >= 4 is 29.3 Å². The minimum Gasteiger partial charge on any atom is -0.462 e. The lowest BCUT2D eigenvalue weighted by molar-refractivity contribution is -0.113. The van der Waals surface area contributed by atoms with Crippen LogP contribution in [0.2, 0.25) is 0 Å². The number of thioether (sulfide) groups is 1. The number of ether oxygens (including phenoxy) is 1. The highest BCUT2D eigenvalue weighted by atomic mass is 32.2. The molecular weight excluding hydrogens is 442 g/mol. The maximum absolute atomic E-state index is 12.9. The molecule has 0 aliphatic heterocycles. The van der Waals surface area contributed by atoms with Gasteiger partial charge in [-0.15, -0.1) is 0 Å². The maximum Gasteiger partial charge on any atom is 0.340 e. The third-order valence-electron chi connectivity index (χ3n) is 4.95. The Labute approximate surface area is 195 Å². The molecule has 0 spiro atoms. The van der Waals surface area contributed by atoms with Gasteiger partial charge in [-0.2, -0.15) is 5.26 Å². The van der Waals surface area contributed by atoms with Gasteiger partial charge >= 0.3 is 5.97 Å². The van der Waals surface area contributed by atoms with E-state index in [9.17, 15) is 19.6 Å². The number of nitrogens with one attached hydrogen (secondary N) is 1. The van der Waals surface area contributed by atoms with Crippen molar-refractivity contribution in [3.63, 3.8) is 0 Å². The maximum atomic E-state index is 12.9. The number of aromatic nitrogens is 3. The Morgan fingerprint density at radius 3 is 2.58 bits per heavy atom. The summed E-state index contributed by atoms with van der Waals surface area (Å²) < 4.78 is 8.14. The van der Waals surface area contributed by atoms with E-state index in [4.69, 9.17) is 4.74 Å². The van der Waals surface area contributed by atoms with Crippen molar-refractivity contribution in [2.45, 2.75) is 25.8 Å². The van der Waals surface area contributed by atoms with Crippen LogP contribution in [-0.4, -0.2) is 38.6 Å². The fourth-order valence-corrected chi connectivity index (χ4v) is 4.01. The zero-order valence-electron chi connectivity index (χ0n) is 18.7. The van der Waals surface area contributed by atoms with Crippen LogP contribution in [-0.2, 0) is 16.6 Å². The van der Waals surface area contributed by atoms with Gasteiger partial charge in [0.2, 0.25) is 5.91 Å². The summed E-state index contributed by atoms with van der Waals surface area (Å²) in [4.78, 5) is 41.9. The molecule has 0 saturated heterocycles. The third kappa shape index (κ3) is 4.99. The van der Waals surface area contributed by atoms with Gasteiger partial charge in [-0.3, -0.25) is 14.3 Å². The first-order chi connectivity index (χ1) is 15.8. The van der Waals surface area contributed by atoms with Gasteiger partial charge in [-0.05, 0) is 39.0 Å². The van der Waals surface area contributed by atoms with Crippen LogP contribution >= 0.6 is 11.8 Å². The van der Waals surface area contributed by atoms with E-state index < -0.39 is 11.9 Å². The Morgan fingerprint density at radius 2 is 1.94 bits per heavy atom. The Hall–Kier alpha value is -3.84. The number of pyridine rings is 1. The Bertz CT molecular complexity index is 1310. The van der Waals surface area contributed by atoms with E-state index in [-0.39, 0.29) is 34.7 Å². The van der Waals surface area contributed by atoms with Crippen molar-refractivity contribution in [1.29, 1.82) is 5.26 Å². The van der Waals surface area contributed by atoms with Crippen LogP contribution in [0.5, 0.6) is 0 Å². The van der Waals surface area contributed by atoms with E-state index in [0.29, 0.717) is 22.1 Å². The van der Waals surface area contributed by atoms with E-state index in [0.717, 1.165) is 11.8 Å². The molecule has 0 fully saturated rings. The summed E-state index contributed by atoms with van der Waals surface area (Å²) in [5, 5.41) is 12.5. The van der Waals surface area contributed by atoms with Crippen molar-refractivity contribution in [2.75, 3.05) is 17.7 Å². The van der Waals surface area contributed by atoms with Crippen LogP contribution in [0.3, 0.4) is 0 Å². The molecule has 0 aliphatic carbocycles. The number of hydrogen-bond donors (Lipinski definition) is 1. The van der Waals surface area contributed by atoms with Crippen molar-refractivity contribution in [3.8, 4) is 11.8 Å². The molecule has 0 saturated carbocycles. The lowest BCUT2D eigenvalue weighted by Gasteiger charge is -2.09. The molecule has 10 heteroatoms. The monoisotopic (exact) mass is 465 g/mol. The molecule has 0 bridgehead atoms. The van der Waals surface area contributed by atoms with Crippen LogP contribution in [0.15, 0.2) is 46.2 Å². The molecule has 0 atom stereocenters. The quantitative estimate of drug-likeness (QED) is 0.421. The van der Waals surface area contributed by atoms with Crippen LogP contribution in [0, 0.1) is 25.2 Å². The van der Waals surface area contributed by atoms with Gasteiger partial charge in [-0.25, -0.2) is 14.5 Å². The van der Waals surface area contributed by atoms with Crippen molar-refractivity contribution in [3.05, 3.63) is 69.3 Å². The van der Waals surface area contributed by atoms with Crippen LogP contribution in [0.25, 0.3) is 5.69 Å². The largest absolute Gasteiger partial charge is 0.462 e. The number of amides is 1. The molecule has 3 aromatic rings. The number of carbonyl (C=O) groups is 2. The van der Waals surface area contributed by atoms with Gasteiger partial charge in [-0.1, -0.05) is 30.0 Å². The third-order valence-corrected chi connectivity index (χ3v) is 5.94. The van der Waals surface area contributed by atoms with E-state index in [1.807, 2.05) is 24.3 Å². The lowest BCUT2D eigenvalue weighted by Crippen LogP contribution is -2.23. The van der Waals surface area contributed by atoms with E-state index in [1.165, 1.54) is 10.7 Å². The summed E-state index contributed by atoms with van der Waals surface area (Å²) in [6, 6.07) is 12.5. The van der Waals surface area contributed by atoms with Gasteiger partial charge in [0.25, 0.3) is 5.56 Å². The molecule has 9 nitrogen and oxygen atoms in total. The number of aryl methyl sites for hydroxylation is 1. The highest BCUT2D eigenvalue weighted by Crippen LogP contribution is 2.24. The summed E-state index contributed by atoms with van der Waals surface area (Å²) in [5.74, 6) is -1.04. The first-order valence-corrected chi connectivity index (χ1v) is 11.1. The molecule has 0 radical (unpaired) electrons. The fraction of sp³-hybridized carbons (Fsp3) is 0.261. The molecule has 1 aromatic carbocycles. The molecule has 1 N–H and O–H groups in total. The summed E-state index contributed by atoms with van der Waals surface area (Å²) in [6.07, 6.45) is 0. The van der Waals surface area contributed by atoms with Crippen LogP contribution in [0.1, 0.15) is 34.2 Å². The van der Waals surface area contributed by atoms with Gasteiger partial charge in [0.1, 0.15) is 16.8 Å². The molecule has 2 aromatic heterocycles. The standard InChI is InChI=1S/C23H23N5O4S/c1-5-32-23(31)18-11-16(12-24)21(25-14(18)2)33-13-19(29)26-20-15(3)27(4)28(22(20)30)17-9-7-6-8-10-17/h6-11H,5,13H2,1-4H3,(H,26,29). The number of anilines is 1. The van der Waals surface area contributed by atoms with Gasteiger partial charge in [0.05, 0.1) is 40.6 Å². The van der Waals surface area contributed by atoms with Crippen LogP contribution < -0.4 is 10.9 Å². The molecule has 170 valence electrons. The summed E-state index contributed by atoms with van der Waals surface area (Å²) in [6.45, 7) is 5.28. The molecule has 3 rings (SSSR count). The van der Waals surface area contributed by atoms with Gasteiger partial charge in [0, 0.05) is 7.05 Å². The first-order valence-electron chi connectivity index (χ1n) is 10.1. The smallest absolute Gasteiger partial charge is 0.340 e. The molecule has 0 unspecified atom stereocenters. The molecule has 33 heavy (non-hydrogen) atoms. The predicted octanol–water partition coefficient (Wildman–Crippen LogP) is 2.97. The Morgan fingerprint density at radius 1 is 1.24 bits per heavy atom. The zero-order valence-corrected chi connectivity index (χ0v) is 19.5. The number of esters is 1. The zero-order chi connectivity index (χ0) is 24.1. The molecular formula is C23H23N5O4S. The summed E-state index contributed by atoms with van der Waals surface area (Å²) in [7, 11) is 1.74. The number of hydrogen-bond acceptors (Lipinski definition) is 7. The molecule has 2 heterocycles. The summed E-state index contributed by atoms with van der Waals surface area (Å²) >= 11 is 1.05.